The Bertz CT molecular complexity index is 537. The van der Waals surface area contributed by atoms with E-state index in [2.05, 4.69) is 41.1 Å². The molecule has 0 unspecified atom stereocenters. The Balaban J connectivity index is 1.50. The lowest BCUT2D eigenvalue weighted by Crippen LogP contribution is -2.50. The van der Waals surface area contributed by atoms with Crippen LogP contribution in [0, 0.1) is 0 Å². The van der Waals surface area contributed by atoms with E-state index in [4.69, 9.17) is 0 Å². The molecule has 0 aliphatic carbocycles. The minimum Gasteiger partial charge on any atom is -0.390 e. The van der Waals surface area contributed by atoms with Crippen LogP contribution in [0.1, 0.15) is 25.7 Å². The number of anilines is 1. The summed E-state index contributed by atoms with van der Waals surface area (Å²) >= 11 is 0. The first-order valence-corrected chi connectivity index (χ1v) is 9.09. The Morgan fingerprint density at radius 2 is 2.04 bits per heavy atom. The van der Waals surface area contributed by atoms with Crippen LogP contribution in [-0.2, 0) is 4.79 Å². The summed E-state index contributed by atoms with van der Waals surface area (Å²) in [6.07, 6.45) is 3.43. The Labute approximate surface area is 144 Å². The van der Waals surface area contributed by atoms with Crippen molar-refractivity contribution >= 4 is 11.6 Å². The molecule has 1 amide bonds. The molecule has 3 rings (SSSR count). The van der Waals surface area contributed by atoms with Gasteiger partial charge in [-0.15, -0.1) is 0 Å². The van der Waals surface area contributed by atoms with Crippen molar-refractivity contribution in [3.63, 3.8) is 0 Å². The number of likely N-dealkylation sites (N-methyl/N-ethyl adjacent to an activating group) is 1. The topological polar surface area (TPSA) is 47.0 Å². The molecule has 1 aromatic carbocycles. The molecule has 0 aromatic heterocycles. The lowest BCUT2D eigenvalue weighted by molar-refractivity contribution is -0.129. The number of aliphatic hydroxyl groups excluding tert-OH is 1. The lowest BCUT2D eigenvalue weighted by Gasteiger charge is -2.39. The summed E-state index contributed by atoms with van der Waals surface area (Å²) in [5.41, 5.74) is 1.28. The first-order chi connectivity index (χ1) is 11.6. The molecule has 2 atom stereocenters. The Morgan fingerprint density at radius 3 is 2.75 bits per heavy atom. The van der Waals surface area contributed by atoms with Crippen LogP contribution in [0.5, 0.6) is 0 Å². The average molecular weight is 331 g/mol. The van der Waals surface area contributed by atoms with E-state index in [1.165, 1.54) is 12.1 Å². The molecule has 2 saturated heterocycles. The number of carbonyl (C=O) groups excluding carboxylic acids is 1. The molecule has 132 valence electrons. The molecule has 0 radical (unpaired) electrons. The van der Waals surface area contributed by atoms with Crippen molar-refractivity contribution in [2.45, 2.75) is 37.8 Å². The van der Waals surface area contributed by atoms with Crippen LogP contribution in [0.4, 0.5) is 5.69 Å². The molecule has 2 heterocycles. The number of para-hydroxylation sites is 1. The predicted molar refractivity (Wildman–Crippen MR) is 96.1 cm³/mol. The molecule has 0 saturated carbocycles. The summed E-state index contributed by atoms with van der Waals surface area (Å²) in [5.74, 6) is 0.185. The maximum atomic E-state index is 11.7. The van der Waals surface area contributed by atoms with E-state index in [1.807, 2.05) is 6.07 Å². The molecule has 5 heteroatoms. The third-order valence-electron chi connectivity index (χ3n) is 5.24. The highest BCUT2D eigenvalue weighted by atomic mass is 16.3. The maximum Gasteiger partial charge on any atom is 0.222 e. The molecular weight excluding hydrogens is 302 g/mol. The van der Waals surface area contributed by atoms with Gasteiger partial charge in [0.2, 0.25) is 5.91 Å². The van der Waals surface area contributed by atoms with Crippen LogP contribution in [0.15, 0.2) is 30.3 Å². The highest BCUT2D eigenvalue weighted by Crippen LogP contribution is 2.22. The normalized spacial score (nSPS) is 23.1. The molecule has 5 nitrogen and oxygen atoms in total. The van der Waals surface area contributed by atoms with E-state index in [0.29, 0.717) is 25.6 Å². The summed E-state index contributed by atoms with van der Waals surface area (Å²) in [6.45, 7) is 3.98. The standard InChI is InChI=1S/C19H29N3O2/c1-20(14-18(23)15-22-12-6-10-19(22)24)17-9-5-11-21(13-17)16-7-3-2-4-8-16/h2-4,7-8,17-18,23H,5-6,9-15H2,1H3/t17-,18-/m1/s1. The minimum absolute atomic E-state index is 0.185. The van der Waals surface area contributed by atoms with Gasteiger partial charge in [-0.2, -0.15) is 0 Å². The largest absolute Gasteiger partial charge is 0.390 e. The maximum absolute atomic E-state index is 11.7. The zero-order valence-corrected chi connectivity index (χ0v) is 14.6. The second-order valence-corrected chi connectivity index (χ2v) is 7.11. The fraction of sp³-hybridized carbons (Fsp3) is 0.632. The number of rotatable bonds is 6. The molecule has 0 spiro atoms. The summed E-state index contributed by atoms with van der Waals surface area (Å²) in [7, 11) is 2.09. The van der Waals surface area contributed by atoms with Gasteiger partial charge in [-0.3, -0.25) is 9.69 Å². The minimum atomic E-state index is -0.468. The van der Waals surface area contributed by atoms with Crippen LogP contribution in [-0.4, -0.2) is 72.7 Å². The molecule has 2 aliphatic heterocycles. The van der Waals surface area contributed by atoms with Gasteiger partial charge < -0.3 is 14.9 Å². The van der Waals surface area contributed by atoms with E-state index in [0.717, 1.165) is 32.5 Å². The predicted octanol–water partition coefficient (Wildman–Crippen LogP) is 1.57. The van der Waals surface area contributed by atoms with E-state index in [-0.39, 0.29) is 5.91 Å². The zero-order valence-electron chi connectivity index (χ0n) is 14.6. The van der Waals surface area contributed by atoms with Gasteiger partial charge in [0.1, 0.15) is 0 Å². The number of piperidine rings is 1. The van der Waals surface area contributed by atoms with Gasteiger partial charge in [0, 0.05) is 50.9 Å². The number of nitrogens with zero attached hydrogens (tertiary/aromatic N) is 3. The quantitative estimate of drug-likeness (QED) is 0.860. The van der Waals surface area contributed by atoms with Crippen LogP contribution < -0.4 is 4.90 Å². The Kier molecular flexibility index (Phi) is 5.74. The molecule has 1 N–H and O–H groups in total. The third kappa shape index (κ3) is 4.28. The van der Waals surface area contributed by atoms with Crippen LogP contribution in [0.3, 0.4) is 0 Å². The summed E-state index contributed by atoms with van der Waals surface area (Å²) in [6, 6.07) is 11.0. The number of likely N-dealkylation sites (tertiary alicyclic amines) is 1. The Morgan fingerprint density at radius 1 is 1.25 bits per heavy atom. The number of carbonyl (C=O) groups is 1. The van der Waals surface area contributed by atoms with Crippen molar-refractivity contribution in [3.05, 3.63) is 30.3 Å². The first-order valence-electron chi connectivity index (χ1n) is 9.09. The van der Waals surface area contributed by atoms with Crippen molar-refractivity contribution in [1.82, 2.24) is 9.80 Å². The molecule has 0 bridgehead atoms. The summed E-state index contributed by atoms with van der Waals surface area (Å²) in [5, 5.41) is 10.4. The van der Waals surface area contributed by atoms with E-state index in [1.54, 1.807) is 4.90 Å². The van der Waals surface area contributed by atoms with Gasteiger partial charge in [-0.05, 0) is 38.4 Å². The molecule has 1 aromatic rings. The van der Waals surface area contributed by atoms with Crippen molar-refractivity contribution < 1.29 is 9.90 Å². The van der Waals surface area contributed by atoms with Gasteiger partial charge in [0.05, 0.1) is 6.10 Å². The second kappa shape index (κ2) is 7.99. The summed E-state index contributed by atoms with van der Waals surface area (Å²) < 4.78 is 0. The average Bonchev–Trinajstić information content (AvgIpc) is 3.00. The van der Waals surface area contributed by atoms with Crippen LogP contribution in [0.2, 0.25) is 0 Å². The number of benzene rings is 1. The van der Waals surface area contributed by atoms with Crippen LogP contribution in [0.25, 0.3) is 0 Å². The number of hydrogen-bond donors (Lipinski definition) is 1. The number of β-amino-alcohol motifs (C(OH)–C–C–N with tert-alkyl or cyclic N) is 1. The zero-order chi connectivity index (χ0) is 16.9. The van der Waals surface area contributed by atoms with Crippen molar-refractivity contribution in [3.8, 4) is 0 Å². The fourth-order valence-electron chi connectivity index (χ4n) is 3.88. The first kappa shape index (κ1) is 17.2. The van der Waals surface area contributed by atoms with E-state index < -0.39 is 6.10 Å². The molecular formula is C19H29N3O2. The van der Waals surface area contributed by atoms with Gasteiger partial charge in [0.25, 0.3) is 0 Å². The Hall–Kier alpha value is -1.59. The molecule has 2 fully saturated rings. The number of aliphatic hydroxyl groups is 1. The number of amides is 1. The van der Waals surface area contributed by atoms with Gasteiger partial charge in [-0.25, -0.2) is 0 Å². The van der Waals surface area contributed by atoms with Crippen LogP contribution >= 0.6 is 0 Å². The second-order valence-electron chi connectivity index (χ2n) is 7.11. The fourth-order valence-corrected chi connectivity index (χ4v) is 3.88. The van der Waals surface area contributed by atoms with Crippen molar-refractivity contribution in [1.29, 1.82) is 0 Å². The van der Waals surface area contributed by atoms with E-state index >= 15 is 0 Å². The monoisotopic (exact) mass is 331 g/mol. The number of hydrogen-bond acceptors (Lipinski definition) is 4. The third-order valence-corrected chi connectivity index (χ3v) is 5.24. The SMILES string of the molecule is CN(C[C@@H](O)CN1CCCC1=O)[C@@H]1CCCN(c2ccccc2)C1. The molecule has 24 heavy (non-hydrogen) atoms. The summed E-state index contributed by atoms with van der Waals surface area (Å²) in [4.78, 5) is 18.2. The smallest absolute Gasteiger partial charge is 0.222 e. The van der Waals surface area contributed by atoms with Gasteiger partial charge in [0.15, 0.2) is 0 Å². The van der Waals surface area contributed by atoms with Gasteiger partial charge in [-0.1, -0.05) is 18.2 Å². The highest BCUT2D eigenvalue weighted by Gasteiger charge is 2.27. The van der Waals surface area contributed by atoms with Gasteiger partial charge >= 0.3 is 0 Å². The molecule has 2 aliphatic rings. The lowest BCUT2D eigenvalue weighted by atomic mass is 10.0. The highest BCUT2D eigenvalue weighted by molar-refractivity contribution is 5.78. The van der Waals surface area contributed by atoms with Crippen molar-refractivity contribution in [2.75, 3.05) is 44.7 Å². The van der Waals surface area contributed by atoms with Crippen molar-refractivity contribution in [2.24, 2.45) is 0 Å². The van der Waals surface area contributed by atoms with E-state index in [9.17, 15) is 9.90 Å².